The van der Waals surface area contributed by atoms with E-state index in [1.807, 2.05) is 42.5 Å². The fourth-order valence-corrected chi connectivity index (χ4v) is 3.16. The largest absolute Gasteiger partial charge is 0.368 e. The number of amides is 2. The first-order valence-electron chi connectivity index (χ1n) is 7.47. The second-order valence-corrected chi connectivity index (χ2v) is 5.69. The highest BCUT2D eigenvalue weighted by Crippen LogP contribution is 2.36. The molecule has 1 aromatic carbocycles. The summed E-state index contributed by atoms with van der Waals surface area (Å²) in [5.41, 5.74) is 6.63. The minimum atomic E-state index is -0.308. The molecule has 2 heterocycles. The Bertz CT molecular complexity index is 786. The van der Waals surface area contributed by atoms with Crippen molar-refractivity contribution >= 4 is 23.7 Å². The van der Waals surface area contributed by atoms with Crippen LogP contribution in [-0.4, -0.2) is 26.6 Å². The number of aromatic nitrogens is 3. The highest BCUT2D eigenvalue weighted by molar-refractivity contribution is 6.21. The van der Waals surface area contributed by atoms with E-state index in [2.05, 4.69) is 10.1 Å². The van der Waals surface area contributed by atoms with Gasteiger partial charge in [0.2, 0.25) is 17.8 Å². The molecule has 2 N–H and O–H groups in total. The minimum Gasteiger partial charge on any atom is -0.368 e. The number of para-hydroxylation sites is 1. The number of rotatable bonds is 2. The van der Waals surface area contributed by atoms with Crippen molar-refractivity contribution in [2.24, 2.45) is 11.8 Å². The molecular weight excluding hydrogens is 306 g/mol. The topological polar surface area (TPSA) is 94.1 Å². The average molecular weight is 325 g/mol. The van der Waals surface area contributed by atoms with Crippen LogP contribution < -0.4 is 10.6 Å². The number of carbonyl (C=O) groups is 2. The third-order valence-electron chi connectivity index (χ3n) is 4.33. The fourth-order valence-electron chi connectivity index (χ4n) is 3.16. The van der Waals surface area contributed by atoms with Crippen LogP contribution in [0.4, 0.5) is 11.9 Å². The van der Waals surface area contributed by atoms with Gasteiger partial charge in [-0.05, 0) is 25.0 Å². The van der Waals surface area contributed by atoms with Gasteiger partial charge < -0.3 is 5.73 Å². The number of hydrogen-bond acceptors (Lipinski definition) is 5. The lowest BCUT2D eigenvalue weighted by Gasteiger charge is -2.14. The van der Waals surface area contributed by atoms with Crippen molar-refractivity contribution in [2.75, 3.05) is 10.6 Å². The summed E-state index contributed by atoms with van der Waals surface area (Å²) in [6.45, 7) is 0. The molecule has 2 aromatic rings. The third-order valence-corrected chi connectivity index (χ3v) is 4.33. The maximum atomic E-state index is 12.5. The Morgan fingerprint density at radius 1 is 1.00 bits per heavy atom. The molecule has 1 aliphatic carbocycles. The molecule has 124 valence electrons. The first kappa shape index (κ1) is 15.9. The summed E-state index contributed by atoms with van der Waals surface area (Å²) in [6.07, 6.45) is 5.06. The molecule has 4 rings (SSSR count). The van der Waals surface area contributed by atoms with E-state index in [4.69, 9.17) is 5.73 Å². The number of allylic oxidation sites excluding steroid dienone is 2. The smallest absolute Gasteiger partial charge is 0.260 e. The molecule has 0 spiro atoms. The zero-order valence-corrected chi connectivity index (χ0v) is 12.3. The van der Waals surface area contributed by atoms with Gasteiger partial charge in [0, 0.05) is 0 Å². The summed E-state index contributed by atoms with van der Waals surface area (Å²) in [5, 5.41) is 4.27. The Kier molecular flexibility index (Phi) is 3.92. The molecule has 2 atom stereocenters. The van der Waals surface area contributed by atoms with Crippen molar-refractivity contribution in [3.05, 3.63) is 42.5 Å². The van der Waals surface area contributed by atoms with Crippen LogP contribution in [0, 0.1) is 11.8 Å². The van der Waals surface area contributed by atoms with Crippen molar-refractivity contribution in [3.8, 4) is 5.69 Å². The van der Waals surface area contributed by atoms with Gasteiger partial charge in [-0.15, -0.1) is 5.10 Å². The minimum absolute atomic E-state index is 0. The average Bonchev–Trinajstić information content (AvgIpc) is 3.07. The second-order valence-electron chi connectivity index (χ2n) is 5.69. The molecule has 0 saturated carbocycles. The first-order valence-corrected chi connectivity index (χ1v) is 7.47. The van der Waals surface area contributed by atoms with Gasteiger partial charge in [0.25, 0.3) is 5.95 Å². The molecular formula is C17H19N5O2. The molecule has 2 aliphatic rings. The Morgan fingerprint density at radius 2 is 1.58 bits per heavy atom. The highest BCUT2D eigenvalue weighted by Gasteiger charge is 2.49. The first-order chi connectivity index (χ1) is 11.2. The van der Waals surface area contributed by atoms with Crippen LogP contribution in [0.2, 0.25) is 0 Å². The number of benzene rings is 1. The maximum absolute atomic E-state index is 12.5. The molecule has 1 aromatic heterocycles. The monoisotopic (exact) mass is 325 g/mol. The molecule has 2 unspecified atom stereocenters. The molecule has 7 heteroatoms. The summed E-state index contributed by atoms with van der Waals surface area (Å²) in [7, 11) is 0. The van der Waals surface area contributed by atoms with Crippen LogP contribution in [0.1, 0.15) is 20.3 Å². The van der Waals surface area contributed by atoms with Crippen LogP contribution in [0.5, 0.6) is 0 Å². The molecule has 1 fully saturated rings. The van der Waals surface area contributed by atoms with Crippen molar-refractivity contribution in [1.29, 1.82) is 0 Å². The summed E-state index contributed by atoms with van der Waals surface area (Å²) in [5.74, 6) is -0.908. The van der Waals surface area contributed by atoms with Crippen LogP contribution in [0.3, 0.4) is 0 Å². The van der Waals surface area contributed by atoms with Crippen molar-refractivity contribution in [1.82, 2.24) is 14.8 Å². The number of fused-ring (bicyclic) bond motifs is 1. The van der Waals surface area contributed by atoms with Gasteiger partial charge in [-0.1, -0.05) is 37.8 Å². The number of anilines is 2. The molecule has 1 saturated heterocycles. The summed E-state index contributed by atoms with van der Waals surface area (Å²) < 4.78 is 1.43. The van der Waals surface area contributed by atoms with Gasteiger partial charge in [-0.3, -0.25) is 9.59 Å². The third kappa shape index (κ3) is 2.29. The summed E-state index contributed by atoms with van der Waals surface area (Å²) in [6, 6.07) is 9.23. The zero-order valence-electron chi connectivity index (χ0n) is 12.3. The van der Waals surface area contributed by atoms with E-state index in [0.29, 0.717) is 12.8 Å². The number of nitrogens with two attached hydrogens (primary N) is 1. The van der Waals surface area contributed by atoms with Crippen molar-refractivity contribution in [2.45, 2.75) is 20.3 Å². The normalized spacial score (nSPS) is 22.4. The molecule has 0 bridgehead atoms. The molecule has 7 nitrogen and oxygen atoms in total. The number of hydrogen-bond donors (Lipinski definition) is 1. The van der Waals surface area contributed by atoms with E-state index >= 15 is 0 Å². The number of nitrogens with zero attached hydrogens (tertiary/aromatic N) is 4. The lowest BCUT2D eigenvalue weighted by molar-refractivity contribution is -0.122. The van der Waals surface area contributed by atoms with Crippen LogP contribution in [0.15, 0.2) is 42.5 Å². The summed E-state index contributed by atoms with van der Waals surface area (Å²) >= 11 is 0. The van der Waals surface area contributed by atoms with Gasteiger partial charge in [0.15, 0.2) is 0 Å². The fraction of sp³-hybridized carbons (Fsp3) is 0.294. The SMILES string of the molecule is C.Nc1nc(N2C(=O)C3CC=CCC3C2=O)nn1-c1ccccc1. The van der Waals surface area contributed by atoms with E-state index in [1.165, 1.54) is 4.68 Å². The standard InChI is InChI=1S/C16H15N5O2.CH4/c17-15-18-16(19-21(15)10-6-2-1-3-7-10)20-13(22)11-8-4-5-9-12(11)14(20)23;/h1-7,11-12H,8-9H2,(H2,17,18,19);1H4. The number of nitrogen functional groups attached to an aromatic ring is 1. The molecule has 0 radical (unpaired) electrons. The highest BCUT2D eigenvalue weighted by atomic mass is 16.2. The van der Waals surface area contributed by atoms with E-state index < -0.39 is 0 Å². The Balaban J connectivity index is 0.00000169. The van der Waals surface area contributed by atoms with Crippen LogP contribution >= 0.6 is 0 Å². The quantitative estimate of drug-likeness (QED) is 0.672. The Hall–Kier alpha value is -2.96. The van der Waals surface area contributed by atoms with Crippen molar-refractivity contribution < 1.29 is 9.59 Å². The maximum Gasteiger partial charge on any atom is 0.260 e. The predicted octanol–water partition coefficient (Wildman–Crippen LogP) is 1.94. The molecule has 2 amide bonds. The van der Waals surface area contributed by atoms with Crippen molar-refractivity contribution in [3.63, 3.8) is 0 Å². The van der Waals surface area contributed by atoms with E-state index in [9.17, 15) is 9.59 Å². The van der Waals surface area contributed by atoms with E-state index in [0.717, 1.165) is 10.6 Å². The second kappa shape index (κ2) is 5.92. The van der Waals surface area contributed by atoms with Gasteiger partial charge in [0.05, 0.1) is 17.5 Å². The van der Waals surface area contributed by atoms with Crippen LogP contribution in [0.25, 0.3) is 5.69 Å². The van der Waals surface area contributed by atoms with Gasteiger partial charge >= 0.3 is 0 Å². The van der Waals surface area contributed by atoms with E-state index in [-0.39, 0.29) is 43.0 Å². The summed E-state index contributed by atoms with van der Waals surface area (Å²) in [4.78, 5) is 30.3. The predicted molar refractivity (Wildman–Crippen MR) is 90.3 cm³/mol. The molecule has 24 heavy (non-hydrogen) atoms. The van der Waals surface area contributed by atoms with Gasteiger partial charge in [-0.2, -0.15) is 9.67 Å². The Morgan fingerprint density at radius 3 is 2.17 bits per heavy atom. The number of carbonyl (C=O) groups excluding carboxylic acids is 2. The zero-order chi connectivity index (χ0) is 16.0. The number of imide groups is 1. The van der Waals surface area contributed by atoms with E-state index in [1.54, 1.807) is 0 Å². The van der Waals surface area contributed by atoms with Crippen LogP contribution in [-0.2, 0) is 9.59 Å². The lowest BCUT2D eigenvalue weighted by Crippen LogP contribution is -2.32. The van der Waals surface area contributed by atoms with Gasteiger partial charge in [0.1, 0.15) is 0 Å². The van der Waals surface area contributed by atoms with Gasteiger partial charge in [-0.25, -0.2) is 4.90 Å². The Labute approximate surface area is 139 Å². The molecule has 1 aliphatic heterocycles. The lowest BCUT2D eigenvalue weighted by atomic mass is 9.85.